The van der Waals surface area contributed by atoms with E-state index in [1.807, 2.05) is 6.92 Å². The Hall–Kier alpha value is -1.13. The molecule has 0 spiro atoms. The van der Waals surface area contributed by atoms with Gasteiger partial charge in [-0.15, -0.1) is 11.3 Å². The molecule has 3 nitrogen and oxygen atoms in total. The summed E-state index contributed by atoms with van der Waals surface area (Å²) in [6.07, 6.45) is 0.636. The number of hydrogen-bond donors (Lipinski definition) is 2. The van der Waals surface area contributed by atoms with Gasteiger partial charge in [-0.05, 0) is 31.5 Å². The van der Waals surface area contributed by atoms with Gasteiger partial charge in [-0.1, -0.05) is 13.8 Å². The number of aliphatic hydroxyl groups is 1. The van der Waals surface area contributed by atoms with E-state index in [2.05, 4.69) is 42.3 Å². The number of benzene rings is 1. The summed E-state index contributed by atoms with van der Waals surface area (Å²) in [5.41, 5.74) is 2.14. The predicted octanol–water partition coefficient (Wildman–Crippen LogP) is 3.18. The van der Waals surface area contributed by atoms with Crippen molar-refractivity contribution < 1.29 is 5.11 Å². The molecular formula is C14H18N2OS. The molecule has 3 rings (SSSR count). The third-order valence-corrected chi connectivity index (χ3v) is 4.99. The number of aliphatic hydroxyl groups excluding tert-OH is 1. The smallest absolute Gasteiger partial charge is 0.0907 e. The van der Waals surface area contributed by atoms with E-state index in [4.69, 9.17) is 0 Å². The van der Waals surface area contributed by atoms with E-state index in [1.54, 1.807) is 11.3 Å². The Morgan fingerprint density at radius 3 is 2.89 bits per heavy atom. The Morgan fingerprint density at radius 2 is 2.22 bits per heavy atom. The standard InChI is InChI=1S/C14H18N2OS/c1-8-15-10-5-4-9(6-11(10)18-8)16-12-7-13(17)14(12,2)3/h4-6,12-13,16-17H,7H2,1-3H3. The highest BCUT2D eigenvalue weighted by Gasteiger charge is 2.47. The van der Waals surface area contributed by atoms with Gasteiger partial charge in [0.05, 0.1) is 21.3 Å². The van der Waals surface area contributed by atoms with Crippen LogP contribution in [0, 0.1) is 12.3 Å². The van der Waals surface area contributed by atoms with Crippen molar-refractivity contribution in [2.75, 3.05) is 5.32 Å². The van der Waals surface area contributed by atoms with Crippen LogP contribution in [0.4, 0.5) is 5.69 Å². The summed E-state index contributed by atoms with van der Waals surface area (Å²) in [6, 6.07) is 6.63. The number of aromatic nitrogens is 1. The second-order valence-electron chi connectivity index (χ2n) is 5.69. The lowest BCUT2D eigenvalue weighted by molar-refractivity contribution is -0.0510. The largest absolute Gasteiger partial charge is 0.392 e. The molecule has 1 heterocycles. The Morgan fingerprint density at radius 1 is 1.44 bits per heavy atom. The third-order valence-electron chi connectivity index (χ3n) is 4.05. The Labute approximate surface area is 111 Å². The Kier molecular flexibility index (Phi) is 2.61. The number of aryl methyl sites for hydroxylation is 1. The van der Waals surface area contributed by atoms with Gasteiger partial charge in [0.2, 0.25) is 0 Å². The molecule has 96 valence electrons. The molecule has 4 heteroatoms. The fourth-order valence-corrected chi connectivity index (χ4v) is 3.34. The Balaban J connectivity index is 1.83. The van der Waals surface area contributed by atoms with E-state index in [9.17, 15) is 5.11 Å². The summed E-state index contributed by atoms with van der Waals surface area (Å²) >= 11 is 1.72. The molecule has 1 aliphatic rings. The summed E-state index contributed by atoms with van der Waals surface area (Å²) < 4.78 is 1.22. The van der Waals surface area contributed by atoms with Gasteiger partial charge < -0.3 is 10.4 Å². The van der Waals surface area contributed by atoms with E-state index in [0.29, 0.717) is 6.04 Å². The zero-order valence-electron chi connectivity index (χ0n) is 10.9. The molecule has 2 atom stereocenters. The minimum Gasteiger partial charge on any atom is -0.392 e. The average molecular weight is 262 g/mol. The van der Waals surface area contributed by atoms with Crippen molar-refractivity contribution >= 4 is 27.2 Å². The number of anilines is 1. The van der Waals surface area contributed by atoms with Crippen LogP contribution in [0.3, 0.4) is 0 Å². The SMILES string of the molecule is Cc1nc2ccc(NC3CC(O)C3(C)C)cc2s1. The summed E-state index contributed by atoms with van der Waals surface area (Å²) in [4.78, 5) is 4.46. The quantitative estimate of drug-likeness (QED) is 0.873. The van der Waals surface area contributed by atoms with Crippen molar-refractivity contribution in [3.63, 3.8) is 0 Å². The van der Waals surface area contributed by atoms with Crippen molar-refractivity contribution in [1.82, 2.24) is 4.98 Å². The van der Waals surface area contributed by atoms with Crippen molar-refractivity contribution in [2.45, 2.75) is 39.3 Å². The molecule has 18 heavy (non-hydrogen) atoms. The first kappa shape index (κ1) is 11.9. The van der Waals surface area contributed by atoms with Crippen LogP contribution in [0.25, 0.3) is 10.2 Å². The van der Waals surface area contributed by atoms with E-state index in [0.717, 1.165) is 22.6 Å². The van der Waals surface area contributed by atoms with Gasteiger partial charge in [-0.3, -0.25) is 0 Å². The molecule has 1 saturated carbocycles. The van der Waals surface area contributed by atoms with Crippen LogP contribution < -0.4 is 5.32 Å². The van der Waals surface area contributed by atoms with Gasteiger partial charge in [-0.2, -0.15) is 0 Å². The van der Waals surface area contributed by atoms with Gasteiger partial charge in [0.25, 0.3) is 0 Å². The molecule has 0 saturated heterocycles. The predicted molar refractivity (Wildman–Crippen MR) is 76.2 cm³/mol. The molecule has 1 aliphatic carbocycles. The van der Waals surface area contributed by atoms with Crippen molar-refractivity contribution in [1.29, 1.82) is 0 Å². The average Bonchev–Trinajstić information content (AvgIpc) is 2.68. The van der Waals surface area contributed by atoms with E-state index in [1.165, 1.54) is 4.70 Å². The number of hydrogen-bond acceptors (Lipinski definition) is 4. The van der Waals surface area contributed by atoms with Crippen LogP contribution in [-0.2, 0) is 0 Å². The first-order chi connectivity index (χ1) is 8.46. The first-order valence-corrected chi connectivity index (χ1v) is 7.10. The zero-order chi connectivity index (χ0) is 12.9. The van der Waals surface area contributed by atoms with Gasteiger partial charge in [-0.25, -0.2) is 4.98 Å². The molecule has 0 radical (unpaired) electrons. The number of rotatable bonds is 2. The van der Waals surface area contributed by atoms with Crippen LogP contribution in [0.15, 0.2) is 18.2 Å². The van der Waals surface area contributed by atoms with E-state index >= 15 is 0 Å². The molecule has 0 amide bonds. The lowest BCUT2D eigenvalue weighted by Gasteiger charge is -2.49. The number of nitrogens with zero attached hydrogens (tertiary/aromatic N) is 1. The summed E-state index contributed by atoms with van der Waals surface area (Å²) in [5.74, 6) is 0. The number of fused-ring (bicyclic) bond motifs is 1. The maximum Gasteiger partial charge on any atom is 0.0907 e. The zero-order valence-corrected chi connectivity index (χ0v) is 11.7. The maximum atomic E-state index is 9.75. The Bertz CT molecular complexity index is 590. The molecule has 2 unspecified atom stereocenters. The lowest BCUT2D eigenvalue weighted by atomic mass is 9.64. The molecule has 0 bridgehead atoms. The highest BCUT2D eigenvalue weighted by atomic mass is 32.1. The van der Waals surface area contributed by atoms with Gasteiger partial charge in [0.15, 0.2) is 0 Å². The van der Waals surface area contributed by atoms with Crippen molar-refractivity contribution in [3.05, 3.63) is 23.2 Å². The highest BCUT2D eigenvalue weighted by molar-refractivity contribution is 7.18. The second kappa shape index (κ2) is 3.93. The fourth-order valence-electron chi connectivity index (χ4n) is 2.48. The highest BCUT2D eigenvalue weighted by Crippen LogP contribution is 2.42. The summed E-state index contributed by atoms with van der Waals surface area (Å²) in [6.45, 7) is 6.24. The van der Waals surface area contributed by atoms with Gasteiger partial charge in [0, 0.05) is 17.1 Å². The topological polar surface area (TPSA) is 45.2 Å². The van der Waals surface area contributed by atoms with Gasteiger partial charge >= 0.3 is 0 Å². The molecule has 0 aliphatic heterocycles. The molecule has 2 aromatic rings. The van der Waals surface area contributed by atoms with Crippen LogP contribution in [0.5, 0.6) is 0 Å². The van der Waals surface area contributed by atoms with Crippen molar-refractivity contribution in [2.24, 2.45) is 5.41 Å². The molecule has 1 aromatic carbocycles. The monoisotopic (exact) mass is 262 g/mol. The van der Waals surface area contributed by atoms with Crippen molar-refractivity contribution in [3.8, 4) is 0 Å². The van der Waals surface area contributed by atoms with Crippen LogP contribution in [0.1, 0.15) is 25.3 Å². The number of thiazole rings is 1. The molecule has 2 N–H and O–H groups in total. The maximum absolute atomic E-state index is 9.75. The molecule has 1 fully saturated rings. The van der Waals surface area contributed by atoms with E-state index in [-0.39, 0.29) is 11.5 Å². The normalized spacial score (nSPS) is 26.0. The van der Waals surface area contributed by atoms with Crippen LogP contribution in [0.2, 0.25) is 0 Å². The molecule has 1 aromatic heterocycles. The minimum atomic E-state index is -0.190. The lowest BCUT2D eigenvalue weighted by Crippen LogP contribution is -2.56. The summed E-state index contributed by atoms with van der Waals surface area (Å²) in [7, 11) is 0. The number of nitrogens with one attached hydrogen (secondary N) is 1. The first-order valence-electron chi connectivity index (χ1n) is 6.28. The van der Waals surface area contributed by atoms with Crippen LogP contribution >= 0.6 is 11.3 Å². The van der Waals surface area contributed by atoms with Gasteiger partial charge in [0.1, 0.15) is 0 Å². The summed E-state index contributed by atoms with van der Waals surface area (Å²) in [5, 5.41) is 14.4. The van der Waals surface area contributed by atoms with E-state index < -0.39 is 0 Å². The third kappa shape index (κ3) is 1.80. The second-order valence-corrected chi connectivity index (χ2v) is 6.92. The van der Waals surface area contributed by atoms with Crippen LogP contribution in [-0.4, -0.2) is 22.2 Å². The fraction of sp³-hybridized carbons (Fsp3) is 0.500. The minimum absolute atomic E-state index is 0.0431. The molecular weight excluding hydrogens is 244 g/mol.